The van der Waals surface area contributed by atoms with Gasteiger partial charge in [0.1, 0.15) is 0 Å². The number of hydrogen-bond donors (Lipinski definition) is 3. The Labute approximate surface area is 120 Å². The van der Waals surface area contributed by atoms with Crippen molar-refractivity contribution in [2.24, 2.45) is 11.3 Å². The molecule has 1 heterocycles. The molecule has 0 aromatic carbocycles. The minimum absolute atomic E-state index is 0.0418. The van der Waals surface area contributed by atoms with Gasteiger partial charge in [-0.25, -0.2) is 0 Å². The van der Waals surface area contributed by atoms with Gasteiger partial charge in [-0.1, -0.05) is 32.6 Å². The summed E-state index contributed by atoms with van der Waals surface area (Å²) in [5, 5.41) is 15.7. The smallest absolute Gasteiger partial charge is 0.311 e. The first-order chi connectivity index (χ1) is 9.55. The average Bonchev–Trinajstić information content (AvgIpc) is 2.71. The van der Waals surface area contributed by atoms with Crippen molar-refractivity contribution in [3.63, 3.8) is 0 Å². The quantitative estimate of drug-likeness (QED) is 0.683. The van der Waals surface area contributed by atoms with Gasteiger partial charge in [-0.15, -0.1) is 0 Å². The molecule has 3 N–H and O–H groups in total. The third-order valence-corrected chi connectivity index (χ3v) is 4.93. The number of carbonyl (C=O) groups is 2. The van der Waals surface area contributed by atoms with Gasteiger partial charge in [0.25, 0.3) is 0 Å². The Morgan fingerprint density at radius 3 is 2.40 bits per heavy atom. The molecule has 2 atom stereocenters. The molecular weight excluding hydrogens is 256 g/mol. The van der Waals surface area contributed by atoms with Crippen molar-refractivity contribution in [2.45, 2.75) is 57.9 Å². The van der Waals surface area contributed by atoms with Gasteiger partial charge in [0, 0.05) is 6.54 Å². The van der Waals surface area contributed by atoms with E-state index >= 15 is 0 Å². The second-order valence-corrected chi connectivity index (χ2v) is 6.42. The molecule has 2 rings (SSSR count). The number of carboxylic acids is 1. The molecule has 1 aliphatic carbocycles. The zero-order chi connectivity index (χ0) is 14.6. The summed E-state index contributed by atoms with van der Waals surface area (Å²) in [7, 11) is 0. The minimum atomic E-state index is -0.757. The summed E-state index contributed by atoms with van der Waals surface area (Å²) in [4.78, 5) is 23.8. The second-order valence-electron chi connectivity index (χ2n) is 6.42. The largest absolute Gasteiger partial charge is 0.481 e. The molecule has 0 aromatic rings. The summed E-state index contributed by atoms with van der Waals surface area (Å²) >= 11 is 0. The molecule has 2 aliphatic rings. The number of aliphatic carboxylic acids is 1. The highest BCUT2D eigenvalue weighted by Crippen LogP contribution is 2.35. The molecule has 5 heteroatoms. The van der Waals surface area contributed by atoms with E-state index in [2.05, 4.69) is 17.6 Å². The van der Waals surface area contributed by atoms with Gasteiger partial charge < -0.3 is 15.7 Å². The normalized spacial score (nSPS) is 29.6. The Kier molecular flexibility index (Phi) is 5.02. The van der Waals surface area contributed by atoms with Crippen LogP contribution in [0.2, 0.25) is 0 Å². The first-order valence-corrected chi connectivity index (χ1v) is 7.80. The summed E-state index contributed by atoms with van der Waals surface area (Å²) in [6, 6.07) is -0.161. The van der Waals surface area contributed by atoms with Gasteiger partial charge in [-0.05, 0) is 31.7 Å². The second kappa shape index (κ2) is 6.57. The SMILES string of the molecule is CC1CCNC1C(=O)NCC1(C(=O)O)CCCCCC1. The number of hydrogen-bond acceptors (Lipinski definition) is 3. The molecule has 2 fully saturated rings. The Balaban J connectivity index is 1.94. The molecule has 0 aromatic heterocycles. The van der Waals surface area contributed by atoms with Crippen LogP contribution in [0.4, 0.5) is 0 Å². The number of amides is 1. The van der Waals surface area contributed by atoms with E-state index in [0.717, 1.165) is 38.6 Å². The van der Waals surface area contributed by atoms with Crippen molar-refractivity contribution in [1.82, 2.24) is 10.6 Å². The summed E-state index contributed by atoms with van der Waals surface area (Å²) in [6.07, 6.45) is 6.45. The fraction of sp³-hybridized carbons (Fsp3) is 0.867. The molecule has 1 amide bonds. The first kappa shape index (κ1) is 15.3. The summed E-state index contributed by atoms with van der Waals surface area (Å²) in [5.41, 5.74) is -0.756. The lowest BCUT2D eigenvalue weighted by Gasteiger charge is -2.29. The van der Waals surface area contributed by atoms with Crippen LogP contribution in [0.1, 0.15) is 51.9 Å². The van der Waals surface area contributed by atoms with Gasteiger partial charge in [-0.3, -0.25) is 9.59 Å². The number of carboxylic acid groups (broad SMARTS) is 1. The van der Waals surface area contributed by atoms with Crippen LogP contribution in [0.25, 0.3) is 0 Å². The van der Waals surface area contributed by atoms with E-state index in [-0.39, 0.29) is 18.5 Å². The van der Waals surface area contributed by atoms with Crippen molar-refractivity contribution >= 4 is 11.9 Å². The lowest BCUT2D eigenvalue weighted by Crippen LogP contribution is -2.49. The molecular formula is C15H26N2O3. The predicted octanol–water partition coefficient (Wildman–Crippen LogP) is 1.53. The van der Waals surface area contributed by atoms with Gasteiger partial charge in [0.2, 0.25) is 5.91 Å². The van der Waals surface area contributed by atoms with Gasteiger partial charge in [0.05, 0.1) is 11.5 Å². The van der Waals surface area contributed by atoms with Crippen LogP contribution in [0.3, 0.4) is 0 Å². The standard InChI is InChI=1S/C15H26N2O3/c1-11-6-9-16-12(11)13(18)17-10-15(14(19)20)7-4-2-3-5-8-15/h11-12,16H,2-10H2,1H3,(H,17,18)(H,19,20). The fourth-order valence-corrected chi connectivity index (χ4v) is 3.42. The summed E-state index contributed by atoms with van der Waals surface area (Å²) < 4.78 is 0. The van der Waals surface area contributed by atoms with Crippen LogP contribution in [0.5, 0.6) is 0 Å². The van der Waals surface area contributed by atoms with E-state index in [1.165, 1.54) is 0 Å². The molecule has 0 spiro atoms. The van der Waals surface area contributed by atoms with Crippen molar-refractivity contribution in [3.8, 4) is 0 Å². The minimum Gasteiger partial charge on any atom is -0.481 e. The highest BCUT2D eigenvalue weighted by Gasteiger charge is 2.40. The van der Waals surface area contributed by atoms with Crippen LogP contribution in [0.15, 0.2) is 0 Å². The van der Waals surface area contributed by atoms with Gasteiger partial charge in [-0.2, -0.15) is 0 Å². The van der Waals surface area contributed by atoms with Crippen LogP contribution in [-0.4, -0.2) is 36.1 Å². The van der Waals surface area contributed by atoms with E-state index in [1.54, 1.807) is 0 Å². The molecule has 5 nitrogen and oxygen atoms in total. The van der Waals surface area contributed by atoms with E-state index in [1.807, 2.05) is 0 Å². The maximum absolute atomic E-state index is 12.2. The molecule has 1 saturated carbocycles. The lowest BCUT2D eigenvalue weighted by molar-refractivity contribution is -0.149. The van der Waals surface area contributed by atoms with Crippen molar-refractivity contribution < 1.29 is 14.7 Å². The summed E-state index contributed by atoms with van der Waals surface area (Å²) in [6.45, 7) is 3.19. The molecule has 2 unspecified atom stereocenters. The van der Waals surface area contributed by atoms with E-state index < -0.39 is 11.4 Å². The maximum Gasteiger partial charge on any atom is 0.311 e. The van der Waals surface area contributed by atoms with Crippen molar-refractivity contribution in [1.29, 1.82) is 0 Å². The average molecular weight is 282 g/mol. The predicted molar refractivity (Wildman–Crippen MR) is 76.4 cm³/mol. The Morgan fingerprint density at radius 1 is 1.25 bits per heavy atom. The fourth-order valence-electron chi connectivity index (χ4n) is 3.42. The Bertz CT molecular complexity index is 362. The molecule has 20 heavy (non-hydrogen) atoms. The third-order valence-electron chi connectivity index (χ3n) is 4.93. The third kappa shape index (κ3) is 3.32. The number of nitrogens with one attached hydrogen (secondary N) is 2. The van der Waals surface area contributed by atoms with Gasteiger partial charge in [0.15, 0.2) is 0 Å². The van der Waals surface area contributed by atoms with E-state index in [4.69, 9.17) is 0 Å². The molecule has 114 valence electrons. The van der Waals surface area contributed by atoms with Crippen molar-refractivity contribution in [2.75, 3.05) is 13.1 Å². The van der Waals surface area contributed by atoms with Crippen LogP contribution < -0.4 is 10.6 Å². The summed E-state index contributed by atoms with van der Waals surface area (Å²) in [5.74, 6) is -0.475. The Morgan fingerprint density at radius 2 is 1.90 bits per heavy atom. The van der Waals surface area contributed by atoms with Crippen LogP contribution in [0, 0.1) is 11.3 Å². The zero-order valence-corrected chi connectivity index (χ0v) is 12.3. The Hall–Kier alpha value is -1.10. The first-order valence-electron chi connectivity index (χ1n) is 7.80. The molecule has 0 bridgehead atoms. The monoisotopic (exact) mass is 282 g/mol. The van der Waals surface area contributed by atoms with Gasteiger partial charge >= 0.3 is 5.97 Å². The van der Waals surface area contributed by atoms with Crippen LogP contribution in [-0.2, 0) is 9.59 Å². The molecule has 1 saturated heterocycles. The van der Waals surface area contributed by atoms with Crippen molar-refractivity contribution in [3.05, 3.63) is 0 Å². The number of carbonyl (C=O) groups excluding carboxylic acids is 1. The van der Waals surface area contributed by atoms with E-state index in [9.17, 15) is 14.7 Å². The lowest BCUT2D eigenvalue weighted by atomic mass is 9.80. The van der Waals surface area contributed by atoms with E-state index in [0.29, 0.717) is 18.8 Å². The number of rotatable bonds is 4. The molecule has 0 radical (unpaired) electrons. The highest BCUT2D eigenvalue weighted by atomic mass is 16.4. The molecule has 1 aliphatic heterocycles. The zero-order valence-electron chi connectivity index (χ0n) is 12.3. The van der Waals surface area contributed by atoms with Crippen LogP contribution >= 0.6 is 0 Å². The highest BCUT2D eigenvalue weighted by molar-refractivity contribution is 5.83. The maximum atomic E-state index is 12.2. The topological polar surface area (TPSA) is 78.4 Å².